The lowest BCUT2D eigenvalue weighted by Crippen LogP contribution is -2.30. The Hall–Kier alpha value is -4.51. The Balaban J connectivity index is 1.39. The van der Waals surface area contributed by atoms with Gasteiger partial charge in [-0.3, -0.25) is 4.68 Å². The molecule has 1 aliphatic rings. The molecule has 0 radical (unpaired) electrons. The molecule has 0 N–H and O–H groups in total. The van der Waals surface area contributed by atoms with Crippen LogP contribution in [0, 0.1) is 11.3 Å². The van der Waals surface area contributed by atoms with Crippen LogP contribution < -0.4 is 4.90 Å². The number of fused-ring (bicyclic) bond motifs is 2. The molecule has 1 aliphatic heterocycles. The third-order valence-corrected chi connectivity index (χ3v) is 6.52. The van der Waals surface area contributed by atoms with E-state index in [0.29, 0.717) is 16.8 Å². The van der Waals surface area contributed by atoms with Crippen molar-refractivity contribution in [1.29, 1.82) is 5.26 Å². The largest absolute Gasteiger partial charge is 0.352 e. The zero-order valence-corrected chi connectivity index (χ0v) is 19.6. The maximum Gasteiger partial charge on any atom is 0.128 e. The summed E-state index contributed by atoms with van der Waals surface area (Å²) in [6.07, 6.45) is 10.1. The van der Waals surface area contributed by atoms with Gasteiger partial charge >= 0.3 is 0 Å². The normalized spacial score (nSPS) is 13.3. The summed E-state index contributed by atoms with van der Waals surface area (Å²) >= 11 is 0. The average molecular weight is 461 g/mol. The van der Waals surface area contributed by atoms with E-state index in [1.165, 1.54) is 11.1 Å². The van der Waals surface area contributed by atoms with E-state index in [2.05, 4.69) is 59.3 Å². The van der Waals surface area contributed by atoms with Crippen LogP contribution in [0.25, 0.3) is 28.0 Å². The fourth-order valence-electron chi connectivity index (χ4n) is 4.59. The number of rotatable bonds is 4. The lowest BCUT2D eigenvalue weighted by molar-refractivity contribution is 0.532. The smallest absolute Gasteiger partial charge is 0.128 e. The van der Waals surface area contributed by atoms with Crippen molar-refractivity contribution in [2.75, 3.05) is 11.4 Å². The lowest BCUT2D eigenvalue weighted by Gasteiger charge is -2.29. The Kier molecular flexibility index (Phi) is 5.03. The summed E-state index contributed by atoms with van der Waals surface area (Å²) < 4.78 is 3.62. The standard InChI is InChI=1S/C27H24N8/c1-18(2)34-16-23(14-30-34)24-17-35-27(22(11-28)13-31-35)26(32-24)20-7-8-25(29-12-20)33-10-9-19-5-3-4-6-21(19)15-33/h3-8,12-14,16-18H,9-10,15H2,1-2H3. The molecule has 0 spiro atoms. The van der Waals surface area contributed by atoms with E-state index >= 15 is 0 Å². The van der Waals surface area contributed by atoms with Crippen molar-refractivity contribution in [3.63, 3.8) is 0 Å². The van der Waals surface area contributed by atoms with Crippen LogP contribution in [-0.2, 0) is 13.0 Å². The molecule has 35 heavy (non-hydrogen) atoms. The van der Waals surface area contributed by atoms with Crippen molar-refractivity contribution in [3.8, 4) is 28.6 Å². The van der Waals surface area contributed by atoms with Crippen LogP contribution in [0.5, 0.6) is 0 Å². The summed E-state index contributed by atoms with van der Waals surface area (Å²) in [5.74, 6) is 0.933. The summed E-state index contributed by atoms with van der Waals surface area (Å²) in [4.78, 5) is 12.0. The van der Waals surface area contributed by atoms with Crippen molar-refractivity contribution in [2.24, 2.45) is 0 Å². The van der Waals surface area contributed by atoms with Crippen LogP contribution in [0.4, 0.5) is 5.82 Å². The van der Waals surface area contributed by atoms with Crippen LogP contribution in [0.1, 0.15) is 36.6 Å². The van der Waals surface area contributed by atoms with Gasteiger partial charge < -0.3 is 4.90 Å². The van der Waals surface area contributed by atoms with E-state index in [-0.39, 0.29) is 6.04 Å². The van der Waals surface area contributed by atoms with Crippen molar-refractivity contribution >= 4 is 11.3 Å². The van der Waals surface area contributed by atoms with E-state index in [1.54, 1.807) is 10.7 Å². The summed E-state index contributed by atoms with van der Waals surface area (Å²) in [6, 6.07) is 15.1. The van der Waals surface area contributed by atoms with E-state index < -0.39 is 0 Å². The molecule has 0 bridgehead atoms. The fraction of sp³-hybridized carbons (Fsp3) is 0.222. The number of aromatic nitrogens is 6. The molecular formula is C27H24N8. The monoisotopic (exact) mass is 460 g/mol. The van der Waals surface area contributed by atoms with Gasteiger partial charge in [0.2, 0.25) is 0 Å². The van der Waals surface area contributed by atoms with Gasteiger partial charge in [0.05, 0.1) is 30.0 Å². The molecule has 0 amide bonds. The predicted molar refractivity (Wildman–Crippen MR) is 134 cm³/mol. The highest BCUT2D eigenvalue weighted by molar-refractivity contribution is 5.83. The van der Waals surface area contributed by atoms with Gasteiger partial charge in [-0.1, -0.05) is 24.3 Å². The third kappa shape index (κ3) is 3.71. The quantitative estimate of drug-likeness (QED) is 0.387. The van der Waals surface area contributed by atoms with Gasteiger partial charge in [0, 0.05) is 42.7 Å². The molecule has 1 aromatic carbocycles. The van der Waals surface area contributed by atoms with Gasteiger partial charge in [0.1, 0.15) is 23.0 Å². The molecular weight excluding hydrogens is 436 g/mol. The molecule has 6 rings (SSSR count). The molecule has 0 saturated carbocycles. The molecule has 0 unspecified atom stereocenters. The predicted octanol–water partition coefficient (Wildman–Crippen LogP) is 4.67. The van der Waals surface area contributed by atoms with Crippen molar-refractivity contribution < 1.29 is 0 Å². The Morgan fingerprint density at radius 3 is 2.54 bits per heavy atom. The third-order valence-electron chi connectivity index (χ3n) is 6.52. The Labute approximate surface area is 203 Å². The number of benzene rings is 1. The summed E-state index contributed by atoms with van der Waals surface area (Å²) in [5.41, 5.74) is 7.07. The summed E-state index contributed by atoms with van der Waals surface area (Å²) in [7, 11) is 0. The number of nitriles is 1. The van der Waals surface area contributed by atoms with Gasteiger partial charge in [-0.15, -0.1) is 0 Å². The second-order valence-electron chi connectivity index (χ2n) is 9.09. The second-order valence-corrected chi connectivity index (χ2v) is 9.09. The first-order valence-electron chi connectivity index (χ1n) is 11.7. The Morgan fingerprint density at radius 2 is 1.80 bits per heavy atom. The molecule has 0 aliphatic carbocycles. The molecule has 0 atom stereocenters. The van der Waals surface area contributed by atoms with E-state index in [0.717, 1.165) is 42.1 Å². The molecule has 0 saturated heterocycles. The zero-order chi connectivity index (χ0) is 23.9. The number of nitrogens with zero attached hydrogens (tertiary/aromatic N) is 8. The Morgan fingerprint density at radius 1 is 0.943 bits per heavy atom. The highest BCUT2D eigenvalue weighted by Crippen LogP contribution is 2.30. The molecule has 5 aromatic rings. The highest BCUT2D eigenvalue weighted by atomic mass is 15.3. The minimum Gasteiger partial charge on any atom is -0.352 e. The van der Waals surface area contributed by atoms with Crippen LogP contribution in [0.3, 0.4) is 0 Å². The van der Waals surface area contributed by atoms with Gasteiger partial charge in [-0.2, -0.15) is 15.5 Å². The first-order chi connectivity index (χ1) is 17.1. The number of hydrogen-bond acceptors (Lipinski definition) is 6. The topological polar surface area (TPSA) is 87.9 Å². The van der Waals surface area contributed by atoms with Crippen LogP contribution in [0.15, 0.2) is 67.4 Å². The maximum atomic E-state index is 9.67. The average Bonchev–Trinajstić information content (AvgIpc) is 3.56. The highest BCUT2D eigenvalue weighted by Gasteiger charge is 2.19. The van der Waals surface area contributed by atoms with Gasteiger partial charge in [0.25, 0.3) is 0 Å². The lowest BCUT2D eigenvalue weighted by atomic mass is 10.00. The maximum absolute atomic E-state index is 9.67. The molecule has 4 aromatic heterocycles. The van der Waals surface area contributed by atoms with E-state index in [4.69, 9.17) is 9.97 Å². The first-order valence-corrected chi connectivity index (χ1v) is 11.7. The van der Waals surface area contributed by atoms with Gasteiger partial charge in [0.15, 0.2) is 0 Å². The van der Waals surface area contributed by atoms with Gasteiger partial charge in [-0.25, -0.2) is 14.5 Å². The van der Waals surface area contributed by atoms with Crippen LogP contribution in [-0.4, -0.2) is 35.9 Å². The SMILES string of the molecule is CC(C)n1cc(-c2cn3ncc(C#N)c3c(-c3ccc(N4CCc5ccccc5C4)nc3)n2)cn1. The second kappa shape index (κ2) is 8.37. The molecule has 8 heteroatoms. The molecule has 172 valence electrons. The Bertz CT molecular complexity index is 1570. The van der Waals surface area contributed by atoms with Crippen molar-refractivity contribution in [1.82, 2.24) is 29.4 Å². The van der Waals surface area contributed by atoms with Crippen LogP contribution in [0.2, 0.25) is 0 Å². The number of pyridine rings is 1. The summed E-state index contributed by atoms with van der Waals surface area (Å²) in [6.45, 7) is 5.95. The van der Waals surface area contributed by atoms with Gasteiger partial charge in [-0.05, 0) is 43.5 Å². The minimum atomic E-state index is 0.250. The van der Waals surface area contributed by atoms with Crippen molar-refractivity contribution in [3.05, 3.63) is 84.1 Å². The van der Waals surface area contributed by atoms with E-state index in [1.807, 2.05) is 41.6 Å². The fourth-order valence-corrected chi connectivity index (χ4v) is 4.59. The zero-order valence-electron chi connectivity index (χ0n) is 19.6. The molecule has 0 fully saturated rings. The first kappa shape index (κ1) is 21.1. The minimum absolute atomic E-state index is 0.250. The molecule has 8 nitrogen and oxygen atoms in total. The molecule has 5 heterocycles. The number of anilines is 1. The summed E-state index contributed by atoms with van der Waals surface area (Å²) in [5, 5.41) is 18.5. The van der Waals surface area contributed by atoms with E-state index in [9.17, 15) is 5.26 Å². The number of hydrogen-bond donors (Lipinski definition) is 0. The van der Waals surface area contributed by atoms with Crippen LogP contribution >= 0.6 is 0 Å². The van der Waals surface area contributed by atoms with Crippen molar-refractivity contribution in [2.45, 2.75) is 32.9 Å².